The molecule has 1 fully saturated rings. The van der Waals surface area contributed by atoms with E-state index in [1.165, 1.54) is 7.11 Å². The van der Waals surface area contributed by atoms with Crippen molar-refractivity contribution in [2.75, 3.05) is 20.7 Å². The molecule has 24 heavy (non-hydrogen) atoms. The minimum Gasteiger partial charge on any atom is -0.342 e. The van der Waals surface area contributed by atoms with E-state index in [4.69, 9.17) is 4.84 Å². The fourth-order valence-electron chi connectivity index (χ4n) is 3.52. The van der Waals surface area contributed by atoms with Crippen molar-refractivity contribution in [3.05, 3.63) is 30.1 Å². The van der Waals surface area contributed by atoms with E-state index in [0.717, 1.165) is 23.3 Å². The summed E-state index contributed by atoms with van der Waals surface area (Å²) in [6, 6.07) is 7.41. The van der Waals surface area contributed by atoms with Gasteiger partial charge in [0.05, 0.1) is 38.2 Å². The summed E-state index contributed by atoms with van der Waals surface area (Å²) in [5.74, 6) is 0.632. The van der Waals surface area contributed by atoms with Crippen molar-refractivity contribution in [1.29, 1.82) is 0 Å². The van der Waals surface area contributed by atoms with E-state index in [0.29, 0.717) is 25.8 Å². The second-order valence-electron chi connectivity index (χ2n) is 6.41. The van der Waals surface area contributed by atoms with Crippen LogP contribution in [0.4, 0.5) is 0 Å². The molecule has 1 saturated heterocycles. The van der Waals surface area contributed by atoms with E-state index >= 15 is 0 Å². The normalized spacial score (nSPS) is 23.5. The number of hydrogen-bond donors (Lipinski definition) is 2. The molecule has 128 valence electrons. The van der Waals surface area contributed by atoms with E-state index in [1.54, 1.807) is 0 Å². The first-order chi connectivity index (χ1) is 11.5. The van der Waals surface area contributed by atoms with Crippen molar-refractivity contribution in [3.63, 3.8) is 0 Å². The standard InChI is InChI=1S/C17H22N4O3/c1-21(11-5-8-14(21)17(23)20-24-2)16(22)10-9-15-18-12-6-3-4-7-13(12)19-15/h3-4,6-7,14H,5,8-11H2,1-2H3,(H-,18,19,20,23)/p+1/t14-,21?/m0/s1. The number of carbonyl (C=O) groups excluding carboxylic acids is 2. The smallest absolute Gasteiger partial charge is 0.314 e. The molecule has 2 amide bonds. The van der Waals surface area contributed by atoms with Crippen LogP contribution in [0.5, 0.6) is 0 Å². The fourth-order valence-corrected chi connectivity index (χ4v) is 3.52. The van der Waals surface area contributed by atoms with Crippen LogP contribution in [0.3, 0.4) is 0 Å². The molecule has 1 unspecified atom stereocenters. The number of likely N-dealkylation sites (tertiary alicyclic amines) is 1. The van der Waals surface area contributed by atoms with Crippen molar-refractivity contribution in [1.82, 2.24) is 15.4 Å². The Morgan fingerprint density at radius 3 is 2.96 bits per heavy atom. The number of aromatic nitrogens is 2. The summed E-state index contributed by atoms with van der Waals surface area (Å²) < 4.78 is 0.134. The Labute approximate surface area is 140 Å². The molecule has 7 heteroatoms. The Hall–Kier alpha value is -2.25. The van der Waals surface area contributed by atoms with Crippen LogP contribution in [0, 0.1) is 0 Å². The number of benzene rings is 1. The highest BCUT2D eigenvalue weighted by Gasteiger charge is 2.48. The number of imidazole rings is 1. The van der Waals surface area contributed by atoms with Crippen LogP contribution in [0.25, 0.3) is 11.0 Å². The number of quaternary nitrogens is 1. The van der Waals surface area contributed by atoms with E-state index in [1.807, 2.05) is 31.3 Å². The van der Waals surface area contributed by atoms with Gasteiger partial charge < -0.3 is 4.98 Å². The number of rotatable bonds is 5. The Bertz CT molecular complexity index is 724. The molecule has 0 bridgehead atoms. The lowest BCUT2D eigenvalue weighted by molar-refractivity contribution is -0.837. The number of aryl methyl sites for hydroxylation is 1. The van der Waals surface area contributed by atoms with Crippen molar-refractivity contribution >= 4 is 22.8 Å². The van der Waals surface area contributed by atoms with Gasteiger partial charge in [-0.25, -0.2) is 15.3 Å². The van der Waals surface area contributed by atoms with E-state index in [2.05, 4.69) is 15.4 Å². The van der Waals surface area contributed by atoms with Gasteiger partial charge in [0.2, 0.25) is 0 Å². The zero-order chi connectivity index (χ0) is 17.2. The number of likely N-dealkylation sites (N-methyl/N-ethyl adjacent to an activating group) is 1. The predicted molar refractivity (Wildman–Crippen MR) is 88.6 cm³/mol. The quantitative estimate of drug-likeness (QED) is 0.639. The summed E-state index contributed by atoms with van der Waals surface area (Å²) in [6.45, 7) is 0.681. The van der Waals surface area contributed by atoms with Crippen LogP contribution in [-0.4, -0.2) is 53.0 Å². The summed E-state index contributed by atoms with van der Waals surface area (Å²) in [5, 5.41) is 0. The van der Waals surface area contributed by atoms with Gasteiger partial charge in [0.1, 0.15) is 5.82 Å². The molecule has 3 rings (SSSR count). The number of amides is 2. The van der Waals surface area contributed by atoms with Crippen LogP contribution in [-0.2, 0) is 20.8 Å². The highest BCUT2D eigenvalue weighted by Crippen LogP contribution is 2.27. The van der Waals surface area contributed by atoms with Gasteiger partial charge in [-0.2, -0.15) is 0 Å². The molecule has 0 aliphatic carbocycles. The maximum absolute atomic E-state index is 12.8. The van der Waals surface area contributed by atoms with Crippen molar-refractivity contribution in [3.8, 4) is 0 Å². The molecular formula is C17H23N4O3+. The zero-order valence-electron chi connectivity index (χ0n) is 14.0. The Morgan fingerprint density at radius 2 is 2.21 bits per heavy atom. The second kappa shape index (κ2) is 6.70. The monoisotopic (exact) mass is 331 g/mol. The number of nitrogens with zero attached hydrogens (tertiary/aromatic N) is 2. The van der Waals surface area contributed by atoms with Gasteiger partial charge in [0, 0.05) is 19.3 Å². The lowest BCUT2D eigenvalue weighted by atomic mass is 10.1. The summed E-state index contributed by atoms with van der Waals surface area (Å²) >= 11 is 0. The van der Waals surface area contributed by atoms with Crippen LogP contribution in [0.1, 0.15) is 25.1 Å². The number of hydroxylamine groups is 1. The van der Waals surface area contributed by atoms with E-state index in [-0.39, 0.29) is 22.3 Å². The predicted octanol–water partition coefficient (Wildman–Crippen LogP) is 1.31. The van der Waals surface area contributed by atoms with Crippen LogP contribution < -0.4 is 5.48 Å². The molecule has 2 N–H and O–H groups in total. The molecule has 2 aromatic rings. The topological polar surface area (TPSA) is 84.1 Å². The summed E-state index contributed by atoms with van der Waals surface area (Å²) in [6.07, 6.45) is 2.45. The lowest BCUT2D eigenvalue weighted by Gasteiger charge is -2.32. The third-order valence-corrected chi connectivity index (χ3v) is 4.88. The molecule has 0 spiro atoms. The van der Waals surface area contributed by atoms with Gasteiger partial charge >= 0.3 is 11.8 Å². The third kappa shape index (κ3) is 3.05. The number of H-pyrrole nitrogens is 1. The van der Waals surface area contributed by atoms with Gasteiger partial charge in [-0.15, -0.1) is 0 Å². The molecule has 1 aliphatic rings. The van der Waals surface area contributed by atoms with E-state index in [9.17, 15) is 9.59 Å². The average Bonchev–Trinajstić information content (AvgIpc) is 3.16. The molecular weight excluding hydrogens is 308 g/mol. The van der Waals surface area contributed by atoms with Crippen molar-refractivity contribution in [2.24, 2.45) is 0 Å². The number of fused-ring (bicyclic) bond motifs is 1. The van der Waals surface area contributed by atoms with E-state index < -0.39 is 0 Å². The highest BCUT2D eigenvalue weighted by molar-refractivity contribution is 5.83. The highest BCUT2D eigenvalue weighted by atomic mass is 16.6. The zero-order valence-corrected chi connectivity index (χ0v) is 14.0. The molecule has 7 nitrogen and oxygen atoms in total. The molecule has 2 heterocycles. The van der Waals surface area contributed by atoms with Gasteiger partial charge in [-0.3, -0.25) is 14.1 Å². The third-order valence-electron chi connectivity index (χ3n) is 4.88. The molecule has 1 aromatic heterocycles. The van der Waals surface area contributed by atoms with Gasteiger partial charge in [-0.1, -0.05) is 12.1 Å². The number of aromatic amines is 1. The lowest BCUT2D eigenvalue weighted by Crippen LogP contribution is -2.58. The number of para-hydroxylation sites is 2. The number of carbonyl (C=O) groups is 2. The van der Waals surface area contributed by atoms with Crippen LogP contribution in [0.2, 0.25) is 0 Å². The maximum atomic E-state index is 12.8. The molecule has 2 atom stereocenters. The molecule has 1 aromatic carbocycles. The Balaban J connectivity index is 1.68. The minimum absolute atomic E-state index is 0.0595. The summed E-state index contributed by atoms with van der Waals surface area (Å²) in [4.78, 5) is 37.4. The van der Waals surface area contributed by atoms with Gasteiger partial charge in [0.25, 0.3) is 0 Å². The summed E-state index contributed by atoms with van der Waals surface area (Å²) in [7, 11) is 3.24. The van der Waals surface area contributed by atoms with Crippen molar-refractivity contribution < 1.29 is 18.9 Å². The minimum atomic E-state index is -0.381. The number of nitrogens with one attached hydrogen (secondary N) is 2. The van der Waals surface area contributed by atoms with Crippen molar-refractivity contribution in [2.45, 2.75) is 31.7 Å². The average molecular weight is 331 g/mol. The first-order valence-corrected chi connectivity index (χ1v) is 8.19. The summed E-state index contributed by atoms with van der Waals surface area (Å²) in [5.41, 5.74) is 4.24. The van der Waals surface area contributed by atoms with Gasteiger partial charge in [0.15, 0.2) is 6.04 Å². The van der Waals surface area contributed by atoms with Crippen LogP contribution >= 0.6 is 0 Å². The second-order valence-corrected chi connectivity index (χ2v) is 6.41. The first-order valence-electron chi connectivity index (χ1n) is 8.19. The maximum Gasteiger partial charge on any atom is 0.314 e. The Kier molecular flexibility index (Phi) is 4.64. The SMILES string of the molecule is CONC(=O)[C@@H]1CCC[N+]1(C)C(=O)CCc1nc2ccccc2[nH]1. The first kappa shape index (κ1) is 16.6. The Morgan fingerprint density at radius 1 is 1.42 bits per heavy atom. The van der Waals surface area contributed by atoms with Crippen LogP contribution in [0.15, 0.2) is 24.3 Å². The fraction of sp³-hybridized carbons (Fsp3) is 0.471. The largest absolute Gasteiger partial charge is 0.342 e. The molecule has 0 radical (unpaired) electrons. The number of hydrogen-bond acceptors (Lipinski definition) is 4. The molecule has 1 aliphatic heterocycles. The van der Waals surface area contributed by atoms with Gasteiger partial charge in [-0.05, 0) is 12.1 Å². The molecule has 0 saturated carbocycles.